The first-order valence-electron chi connectivity index (χ1n) is 6.31. The van der Waals surface area contributed by atoms with Crippen molar-refractivity contribution in [1.29, 1.82) is 0 Å². The maximum atomic E-state index is 2.51. The van der Waals surface area contributed by atoms with Crippen LogP contribution < -0.4 is 0 Å². The van der Waals surface area contributed by atoms with E-state index in [1.54, 1.807) is 0 Å². The highest BCUT2D eigenvalue weighted by Crippen LogP contribution is 2.40. The molecule has 2 atom stereocenters. The maximum absolute atomic E-state index is 2.51. The molecule has 0 N–H and O–H groups in total. The Bertz CT molecular complexity index is 167. The number of hydrogen-bond acceptors (Lipinski definition) is 1. The number of nitrogens with zero attached hydrogens (tertiary/aromatic N) is 1. The van der Waals surface area contributed by atoms with Crippen molar-refractivity contribution < 1.29 is 0 Å². The molecular weight excluding hydrogens is 170 g/mol. The third-order valence-corrected chi connectivity index (χ3v) is 4.24. The third kappa shape index (κ3) is 2.73. The lowest BCUT2D eigenvalue weighted by Gasteiger charge is -2.42. The Balaban J connectivity index is 2.58. The molecule has 1 heterocycles. The van der Waals surface area contributed by atoms with Crippen LogP contribution in [0.2, 0.25) is 0 Å². The quantitative estimate of drug-likeness (QED) is 0.666. The van der Waals surface area contributed by atoms with Crippen LogP contribution in [0, 0.1) is 11.3 Å². The normalized spacial score (nSPS) is 28.7. The first-order chi connectivity index (χ1) is 6.62. The summed E-state index contributed by atoms with van der Waals surface area (Å²) in [6.07, 6.45) is 6.95. The van der Waals surface area contributed by atoms with E-state index >= 15 is 0 Å². The molecule has 0 aromatic rings. The van der Waals surface area contributed by atoms with E-state index in [4.69, 9.17) is 0 Å². The van der Waals surface area contributed by atoms with Gasteiger partial charge in [-0.2, -0.15) is 0 Å². The highest BCUT2D eigenvalue weighted by atomic mass is 15.1. The number of rotatable bonds is 4. The van der Waals surface area contributed by atoms with Crippen molar-refractivity contribution in [2.75, 3.05) is 20.1 Å². The van der Waals surface area contributed by atoms with Gasteiger partial charge >= 0.3 is 0 Å². The highest BCUT2D eigenvalue weighted by molar-refractivity contribution is 4.85. The van der Waals surface area contributed by atoms with Crippen LogP contribution in [0.1, 0.15) is 52.9 Å². The second-order valence-electron chi connectivity index (χ2n) is 5.36. The molecule has 14 heavy (non-hydrogen) atoms. The molecule has 1 saturated heterocycles. The summed E-state index contributed by atoms with van der Waals surface area (Å²) in [7, 11) is 2.27. The minimum absolute atomic E-state index is 0.601. The summed E-state index contributed by atoms with van der Waals surface area (Å²) in [5, 5.41) is 0. The zero-order valence-corrected chi connectivity index (χ0v) is 10.5. The van der Waals surface area contributed by atoms with Gasteiger partial charge in [0.15, 0.2) is 0 Å². The van der Waals surface area contributed by atoms with Crippen molar-refractivity contribution >= 4 is 0 Å². The Morgan fingerprint density at radius 1 is 1.36 bits per heavy atom. The van der Waals surface area contributed by atoms with E-state index in [9.17, 15) is 0 Å². The van der Waals surface area contributed by atoms with Crippen LogP contribution in [-0.4, -0.2) is 25.0 Å². The Kier molecular flexibility index (Phi) is 4.43. The van der Waals surface area contributed by atoms with E-state index in [-0.39, 0.29) is 0 Å². The minimum Gasteiger partial charge on any atom is -0.306 e. The number of piperidine rings is 1. The summed E-state index contributed by atoms with van der Waals surface area (Å²) in [5.41, 5.74) is 0.601. The summed E-state index contributed by atoms with van der Waals surface area (Å²) in [5.74, 6) is 0.936. The minimum atomic E-state index is 0.601. The van der Waals surface area contributed by atoms with Crippen molar-refractivity contribution in [3.05, 3.63) is 0 Å². The van der Waals surface area contributed by atoms with Gasteiger partial charge in [0.1, 0.15) is 0 Å². The van der Waals surface area contributed by atoms with E-state index in [1.807, 2.05) is 0 Å². The van der Waals surface area contributed by atoms with Gasteiger partial charge in [-0.15, -0.1) is 0 Å². The van der Waals surface area contributed by atoms with Crippen LogP contribution in [0.3, 0.4) is 0 Å². The Morgan fingerprint density at radius 3 is 2.57 bits per heavy atom. The molecule has 0 aromatic carbocycles. The molecule has 1 fully saturated rings. The molecule has 2 unspecified atom stereocenters. The first kappa shape index (κ1) is 12.0. The van der Waals surface area contributed by atoms with Gasteiger partial charge in [-0.1, -0.05) is 33.6 Å². The Labute approximate surface area is 89.9 Å². The summed E-state index contributed by atoms with van der Waals surface area (Å²) >= 11 is 0. The molecule has 0 saturated carbocycles. The lowest BCUT2D eigenvalue weighted by atomic mass is 9.69. The molecule has 1 aliphatic rings. The maximum Gasteiger partial charge on any atom is 0.00118 e. The standard InChI is InChI=1S/C13H27N/c1-5-9-13(3,6-2)12-8-7-10-14(4)11-12/h12H,5-11H2,1-4H3. The summed E-state index contributed by atoms with van der Waals surface area (Å²) in [6, 6.07) is 0. The zero-order valence-electron chi connectivity index (χ0n) is 10.5. The molecule has 0 aromatic heterocycles. The molecular formula is C13H27N. The molecule has 0 spiro atoms. The average molecular weight is 197 g/mol. The summed E-state index contributed by atoms with van der Waals surface area (Å²) < 4.78 is 0. The van der Waals surface area contributed by atoms with Crippen molar-refractivity contribution in [1.82, 2.24) is 4.90 Å². The van der Waals surface area contributed by atoms with Gasteiger partial charge < -0.3 is 4.90 Å². The van der Waals surface area contributed by atoms with Crippen LogP contribution >= 0.6 is 0 Å². The molecule has 1 heteroatoms. The molecule has 0 amide bonds. The first-order valence-corrected chi connectivity index (χ1v) is 6.31. The van der Waals surface area contributed by atoms with Gasteiger partial charge in [0.05, 0.1) is 0 Å². The van der Waals surface area contributed by atoms with Crippen LogP contribution in [0.25, 0.3) is 0 Å². The fourth-order valence-corrected chi connectivity index (χ4v) is 2.98. The van der Waals surface area contributed by atoms with Crippen LogP contribution in [0.15, 0.2) is 0 Å². The van der Waals surface area contributed by atoms with Crippen molar-refractivity contribution in [3.8, 4) is 0 Å². The number of hydrogen-bond donors (Lipinski definition) is 0. The largest absolute Gasteiger partial charge is 0.306 e. The van der Waals surface area contributed by atoms with Crippen molar-refractivity contribution in [3.63, 3.8) is 0 Å². The Hall–Kier alpha value is -0.0400. The van der Waals surface area contributed by atoms with Crippen LogP contribution in [0.4, 0.5) is 0 Å². The van der Waals surface area contributed by atoms with E-state index in [2.05, 4.69) is 32.7 Å². The molecule has 0 aliphatic carbocycles. The summed E-state index contributed by atoms with van der Waals surface area (Å²) in [6.45, 7) is 9.82. The SMILES string of the molecule is CCCC(C)(CC)C1CCCN(C)C1. The van der Waals surface area contributed by atoms with E-state index in [0.29, 0.717) is 5.41 Å². The number of likely N-dealkylation sites (tertiary alicyclic amines) is 1. The molecule has 1 aliphatic heterocycles. The lowest BCUT2D eigenvalue weighted by Crippen LogP contribution is -2.40. The van der Waals surface area contributed by atoms with E-state index in [0.717, 1.165) is 5.92 Å². The molecule has 0 bridgehead atoms. The summed E-state index contributed by atoms with van der Waals surface area (Å²) in [4.78, 5) is 2.51. The molecule has 84 valence electrons. The monoisotopic (exact) mass is 197 g/mol. The van der Waals surface area contributed by atoms with Gasteiger partial charge in [0, 0.05) is 6.54 Å². The predicted octanol–water partition coefficient (Wildman–Crippen LogP) is 3.54. The Morgan fingerprint density at radius 2 is 2.07 bits per heavy atom. The zero-order chi connectivity index (χ0) is 10.6. The average Bonchev–Trinajstić information content (AvgIpc) is 2.18. The van der Waals surface area contributed by atoms with Gasteiger partial charge in [-0.25, -0.2) is 0 Å². The van der Waals surface area contributed by atoms with Gasteiger partial charge in [-0.3, -0.25) is 0 Å². The topological polar surface area (TPSA) is 3.24 Å². The van der Waals surface area contributed by atoms with Crippen molar-refractivity contribution in [2.24, 2.45) is 11.3 Å². The second-order valence-corrected chi connectivity index (χ2v) is 5.36. The fourth-order valence-electron chi connectivity index (χ4n) is 2.98. The molecule has 1 rings (SSSR count). The molecule has 0 radical (unpaired) electrons. The van der Waals surface area contributed by atoms with E-state index in [1.165, 1.54) is 45.2 Å². The van der Waals surface area contributed by atoms with Gasteiger partial charge in [0.25, 0.3) is 0 Å². The molecule has 1 nitrogen and oxygen atoms in total. The smallest absolute Gasteiger partial charge is 0.00118 e. The van der Waals surface area contributed by atoms with Gasteiger partial charge in [-0.05, 0) is 44.2 Å². The fraction of sp³-hybridized carbons (Fsp3) is 1.00. The lowest BCUT2D eigenvalue weighted by molar-refractivity contribution is 0.0777. The van der Waals surface area contributed by atoms with Crippen LogP contribution in [0.5, 0.6) is 0 Å². The predicted molar refractivity (Wildman–Crippen MR) is 63.5 cm³/mol. The third-order valence-electron chi connectivity index (χ3n) is 4.24. The van der Waals surface area contributed by atoms with Gasteiger partial charge in [0.2, 0.25) is 0 Å². The van der Waals surface area contributed by atoms with Crippen LogP contribution in [-0.2, 0) is 0 Å². The second kappa shape index (κ2) is 5.16. The van der Waals surface area contributed by atoms with Crippen molar-refractivity contribution in [2.45, 2.75) is 52.9 Å². The highest BCUT2D eigenvalue weighted by Gasteiger charge is 2.33. The van der Waals surface area contributed by atoms with E-state index < -0.39 is 0 Å².